The number of carbonyl (C=O) groups is 1. The molecule has 1 fully saturated rings. The zero-order valence-corrected chi connectivity index (χ0v) is 8.08. The van der Waals surface area contributed by atoms with Crippen LogP contribution in [0.5, 0.6) is 5.75 Å². The molecule has 0 aromatic heterocycles. The van der Waals surface area contributed by atoms with Crippen molar-refractivity contribution in [1.82, 2.24) is 5.32 Å². The molecule has 1 heterocycles. The number of amides is 1. The average Bonchev–Trinajstić information content (AvgIpc) is 2.58. The molecule has 1 amide bonds. The molecule has 0 aliphatic carbocycles. The van der Waals surface area contributed by atoms with Gasteiger partial charge in [-0.15, -0.1) is 0 Å². The molecule has 1 aromatic carbocycles. The van der Waals surface area contributed by atoms with Crippen molar-refractivity contribution >= 4 is 6.09 Å². The number of hydrogen-bond acceptors (Lipinski definition) is 3. The van der Waals surface area contributed by atoms with Crippen molar-refractivity contribution < 1.29 is 19.0 Å². The van der Waals surface area contributed by atoms with Gasteiger partial charge in [-0.2, -0.15) is 0 Å². The molecular weight excluding hydrogens is 201 g/mol. The molecule has 0 unspecified atom stereocenters. The third-order valence-electron chi connectivity index (χ3n) is 2.34. The molecule has 4 nitrogen and oxygen atoms in total. The molecule has 80 valence electrons. The van der Waals surface area contributed by atoms with Crippen LogP contribution in [0.2, 0.25) is 0 Å². The predicted molar refractivity (Wildman–Crippen MR) is 50.0 cm³/mol. The molecular formula is C10H10FNO3. The second-order valence-corrected chi connectivity index (χ2v) is 3.46. The molecule has 1 aliphatic heterocycles. The Labute approximate surface area is 85.7 Å². The van der Waals surface area contributed by atoms with Gasteiger partial charge in [0.25, 0.3) is 0 Å². The minimum atomic E-state index is -0.554. The zero-order chi connectivity index (χ0) is 11.0. The van der Waals surface area contributed by atoms with Crippen molar-refractivity contribution in [2.24, 2.45) is 0 Å². The topological polar surface area (TPSA) is 58.6 Å². The minimum absolute atomic E-state index is 0.00722. The Balaban J connectivity index is 2.39. The van der Waals surface area contributed by atoms with Crippen molar-refractivity contribution in [3.05, 3.63) is 29.1 Å². The Morgan fingerprint density at radius 1 is 1.60 bits per heavy atom. The summed E-state index contributed by atoms with van der Waals surface area (Å²) < 4.78 is 17.8. The van der Waals surface area contributed by atoms with Crippen molar-refractivity contribution in [3.8, 4) is 5.75 Å². The molecule has 1 aliphatic rings. The van der Waals surface area contributed by atoms with Crippen LogP contribution in [0.3, 0.4) is 0 Å². The number of alkyl carbamates (subject to hydrolysis) is 1. The molecule has 1 aromatic rings. The molecule has 1 saturated heterocycles. The number of ether oxygens (including phenoxy) is 1. The average molecular weight is 211 g/mol. The summed E-state index contributed by atoms with van der Waals surface area (Å²) in [7, 11) is 0. The number of nitrogens with one attached hydrogen (secondary N) is 1. The highest BCUT2D eigenvalue weighted by Crippen LogP contribution is 2.30. The summed E-state index contributed by atoms with van der Waals surface area (Å²) in [4.78, 5) is 10.8. The van der Waals surface area contributed by atoms with Gasteiger partial charge in [-0.1, -0.05) is 0 Å². The Morgan fingerprint density at radius 2 is 2.33 bits per heavy atom. The van der Waals surface area contributed by atoms with Crippen LogP contribution in [0, 0.1) is 12.7 Å². The number of cyclic esters (lactones) is 1. The fourth-order valence-electron chi connectivity index (χ4n) is 1.58. The van der Waals surface area contributed by atoms with Gasteiger partial charge in [0, 0.05) is 5.56 Å². The maximum Gasteiger partial charge on any atom is 0.407 e. The van der Waals surface area contributed by atoms with Gasteiger partial charge in [-0.25, -0.2) is 9.18 Å². The van der Waals surface area contributed by atoms with Crippen molar-refractivity contribution in [1.29, 1.82) is 0 Å². The number of hydrogen-bond donors (Lipinski definition) is 2. The molecule has 2 rings (SSSR count). The van der Waals surface area contributed by atoms with E-state index >= 15 is 0 Å². The van der Waals surface area contributed by atoms with Crippen LogP contribution >= 0.6 is 0 Å². The Bertz CT molecular complexity index is 419. The summed E-state index contributed by atoms with van der Waals surface area (Å²) in [5.41, 5.74) is 0.782. The Hall–Kier alpha value is -1.78. The molecule has 5 heteroatoms. The van der Waals surface area contributed by atoms with Gasteiger partial charge in [0.2, 0.25) is 0 Å². The highest BCUT2D eigenvalue weighted by molar-refractivity contribution is 5.70. The van der Waals surface area contributed by atoms with Crippen LogP contribution in [0.25, 0.3) is 0 Å². The number of rotatable bonds is 1. The fraction of sp³-hybridized carbons (Fsp3) is 0.300. The van der Waals surface area contributed by atoms with Gasteiger partial charge in [-0.05, 0) is 24.6 Å². The van der Waals surface area contributed by atoms with E-state index in [1.165, 1.54) is 12.1 Å². The predicted octanol–water partition coefficient (Wildman–Crippen LogP) is 1.62. The number of carbonyl (C=O) groups excluding carboxylic acids is 1. The van der Waals surface area contributed by atoms with Crippen molar-refractivity contribution in [2.75, 3.05) is 6.61 Å². The van der Waals surface area contributed by atoms with E-state index in [1.54, 1.807) is 6.92 Å². The first-order valence-electron chi connectivity index (χ1n) is 4.50. The Kier molecular flexibility index (Phi) is 2.22. The van der Waals surface area contributed by atoms with E-state index in [2.05, 4.69) is 10.1 Å². The summed E-state index contributed by atoms with van der Waals surface area (Å²) in [6.45, 7) is 1.70. The van der Waals surface area contributed by atoms with Crippen LogP contribution in [0.1, 0.15) is 17.2 Å². The molecule has 0 spiro atoms. The molecule has 15 heavy (non-hydrogen) atoms. The van der Waals surface area contributed by atoms with E-state index in [-0.39, 0.29) is 12.4 Å². The summed E-state index contributed by atoms with van der Waals surface area (Å²) in [5.74, 6) is -0.450. The molecule has 0 radical (unpaired) electrons. The lowest BCUT2D eigenvalue weighted by Gasteiger charge is -2.11. The van der Waals surface area contributed by atoms with Gasteiger partial charge in [-0.3, -0.25) is 0 Å². The first-order valence-corrected chi connectivity index (χ1v) is 4.50. The molecule has 1 atom stereocenters. The largest absolute Gasteiger partial charge is 0.507 e. The van der Waals surface area contributed by atoms with Gasteiger partial charge in [0.15, 0.2) is 0 Å². The van der Waals surface area contributed by atoms with E-state index in [9.17, 15) is 14.3 Å². The van der Waals surface area contributed by atoms with Gasteiger partial charge < -0.3 is 15.2 Å². The van der Waals surface area contributed by atoms with E-state index in [1.807, 2.05) is 0 Å². The third kappa shape index (κ3) is 1.72. The van der Waals surface area contributed by atoms with Crippen LogP contribution in [0.15, 0.2) is 12.1 Å². The summed E-state index contributed by atoms with van der Waals surface area (Å²) >= 11 is 0. The first kappa shape index (κ1) is 9.76. The molecule has 2 N–H and O–H groups in total. The number of aromatic hydroxyl groups is 1. The number of phenolic OH excluding ortho intramolecular Hbond substituents is 1. The monoisotopic (exact) mass is 211 g/mol. The maximum absolute atomic E-state index is 13.1. The van der Waals surface area contributed by atoms with Crippen molar-refractivity contribution in [2.45, 2.75) is 13.0 Å². The fourth-order valence-corrected chi connectivity index (χ4v) is 1.58. The quantitative estimate of drug-likeness (QED) is 0.742. The van der Waals surface area contributed by atoms with E-state index in [4.69, 9.17) is 0 Å². The summed E-state index contributed by atoms with van der Waals surface area (Å²) in [5, 5.41) is 12.2. The maximum atomic E-state index is 13.1. The van der Waals surface area contributed by atoms with Crippen LogP contribution < -0.4 is 5.32 Å². The second-order valence-electron chi connectivity index (χ2n) is 3.46. The number of aryl methyl sites for hydroxylation is 1. The van der Waals surface area contributed by atoms with E-state index in [0.29, 0.717) is 11.1 Å². The SMILES string of the molecule is Cc1cc(F)cc([C@@H]2COC(=O)N2)c1O. The lowest BCUT2D eigenvalue weighted by Crippen LogP contribution is -2.18. The molecule has 0 saturated carbocycles. The van der Waals surface area contributed by atoms with Crippen molar-refractivity contribution in [3.63, 3.8) is 0 Å². The lowest BCUT2D eigenvalue weighted by atomic mass is 10.0. The van der Waals surface area contributed by atoms with Gasteiger partial charge in [0.05, 0.1) is 6.04 Å². The number of halogens is 1. The van der Waals surface area contributed by atoms with E-state index in [0.717, 1.165) is 0 Å². The highest BCUT2D eigenvalue weighted by atomic mass is 19.1. The number of benzene rings is 1. The minimum Gasteiger partial charge on any atom is -0.507 e. The smallest absolute Gasteiger partial charge is 0.407 e. The number of phenols is 1. The summed E-state index contributed by atoms with van der Waals surface area (Å²) in [6, 6.07) is 1.95. The van der Waals surface area contributed by atoms with Crippen LogP contribution in [-0.2, 0) is 4.74 Å². The lowest BCUT2D eigenvalue weighted by molar-refractivity contribution is 0.177. The highest BCUT2D eigenvalue weighted by Gasteiger charge is 2.27. The van der Waals surface area contributed by atoms with Crippen LogP contribution in [-0.4, -0.2) is 17.8 Å². The third-order valence-corrected chi connectivity index (χ3v) is 2.34. The molecule has 0 bridgehead atoms. The zero-order valence-electron chi connectivity index (χ0n) is 8.08. The summed E-state index contributed by atoms with van der Waals surface area (Å²) in [6.07, 6.45) is -0.554. The normalized spacial score (nSPS) is 19.9. The van der Waals surface area contributed by atoms with Crippen LogP contribution in [0.4, 0.5) is 9.18 Å². The standard InChI is InChI=1S/C10H10FNO3/c1-5-2-6(11)3-7(9(5)13)8-4-15-10(14)12-8/h2-3,8,13H,4H2,1H3,(H,12,14)/t8-/m0/s1. The van der Waals surface area contributed by atoms with Gasteiger partial charge in [0.1, 0.15) is 18.2 Å². The second kappa shape index (κ2) is 3.42. The first-order chi connectivity index (χ1) is 7.08. The Morgan fingerprint density at radius 3 is 2.93 bits per heavy atom. The van der Waals surface area contributed by atoms with Gasteiger partial charge >= 0.3 is 6.09 Å². The van der Waals surface area contributed by atoms with E-state index < -0.39 is 18.0 Å².